The molecule has 2 rings (SSSR count). The summed E-state index contributed by atoms with van der Waals surface area (Å²) in [6.07, 6.45) is 1.48. The minimum Gasteiger partial charge on any atom is -0.388 e. The summed E-state index contributed by atoms with van der Waals surface area (Å²) in [7, 11) is 0. The molecule has 0 saturated carbocycles. The molecule has 1 unspecified atom stereocenters. The molecule has 1 aromatic carbocycles. The maximum absolute atomic E-state index is 13.8. The van der Waals surface area contributed by atoms with Crippen molar-refractivity contribution in [3.63, 3.8) is 0 Å². The normalized spacial score (nSPS) is 14.5. The van der Waals surface area contributed by atoms with E-state index in [4.69, 9.17) is 0 Å². The number of aromatic amines is 1. The lowest BCUT2D eigenvalue weighted by molar-refractivity contribution is 0.0142. The van der Waals surface area contributed by atoms with Crippen LogP contribution in [0.4, 0.5) is 4.39 Å². The van der Waals surface area contributed by atoms with Crippen LogP contribution in [0.15, 0.2) is 24.4 Å². The van der Waals surface area contributed by atoms with Gasteiger partial charge in [-0.05, 0) is 25.0 Å². The minimum atomic E-state index is -1.000. The van der Waals surface area contributed by atoms with Gasteiger partial charge in [0, 0.05) is 23.6 Å². The Morgan fingerprint density at radius 3 is 2.85 bits per heavy atom. The molecule has 3 N–H and O–H groups in total. The lowest BCUT2D eigenvalue weighted by atomic mass is 9.92. The van der Waals surface area contributed by atoms with Crippen LogP contribution in [-0.4, -0.2) is 28.1 Å². The van der Waals surface area contributed by atoms with Gasteiger partial charge in [0.25, 0.3) is 5.91 Å². The number of fused-ring (bicyclic) bond motifs is 1. The van der Waals surface area contributed by atoms with Crippen molar-refractivity contribution in [1.29, 1.82) is 0 Å². The van der Waals surface area contributed by atoms with Crippen molar-refractivity contribution in [3.8, 4) is 0 Å². The Hall–Kier alpha value is -1.88. The molecule has 1 heterocycles. The van der Waals surface area contributed by atoms with Crippen molar-refractivity contribution >= 4 is 16.8 Å². The molecule has 0 fully saturated rings. The van der Waals surface area contributed by atoms with Gasteiger partial charge in [0.2, 0.25) is 0 Å². The molecule has 1 aromatic heterocycles. The lowest BCUT2D eigenvalue weighted by Gasteiger charge is -2.27. The maximum Gasteiger partial charge on any atom is 0.253 e. The van der Waals surface area contributed by atoms with Gasteiger partial charge in [0.15, 0.2) is 0 Å². The molecule has 0 spiro atoms. The summed E-state index contributed by atoms with van der Waals surface area (Å²) in [6.45, 7) is 5.52. The Labute approximate surface area is 117 Å². The molecule has 108 valence electrons. The number of hydrogen-bond acceptors (Lipinski definition) is 2. The molecule has 5 heteroatoms. The molecule has 0 aliphatic heterocycles. The smallest absolute Gasteiger partial charge is 0.253 e. The zero-order chi connectivity index (χ0) is 14.9. The highest BCUT2D eigenvalue weighted by molar-refractivity contribution is 6.06. The second kappa shape index (κ2) is 5.25. The number of rotatable bonds is 4. The number of aliphatic hydroxyl groups is 1. The van der Waals surface area contributed by atoms with Crippen molar-refractivity contribution in [2.45, 2.75) is 26.4 Å². The Morgan fingerprint density at radius 2 is 2.20 bits per heavy atom. The van der Waals surface area contributed by atoms with Crippen LogP contribution < -0.4 is 5.32 Å². The van der Waals surface area contributed by atoms with Crippen LogP contribution in [0, 0.1) is 11.7 Å². The van der Waals surface area contributed by atoms with E-state index in [9.17, 15) is 14.3 Å². The molecular weight excluding hydrogens is 259 g/mol. The van der Waals surface area contributed by atoms with Gasteiger partial charge in [0.1, 0.15) is 5.82 Å². The van der Waals surface area contributed by atoms with Crippen molar-refractivity contribution in [3.05, 3.63) is 35.8 Å². The van der Waals surface area contributed by atoms with Gasteiger partial charge in [-0.3, -0.25) is 4.79 Å². The predicted molar refractivity (Wildman–Crippen MR) is 76.1 cm³/mol. The van der Waals surface area contributed by atoms with Crippen LogP contribution in [0.3, 0.4) is 0 Å². The first-order valence-corrected chi connectivity index (χ1v) is 6.59. The molecule has 0 saturated heterocycles. The first-order valence-electron chi connectivity index (χ1n) is 6.59. The van der Waals surface area contributed by atoms with Gasteiger partial charge in [-0.2, -0.15) is 0 Å². The third kappa shape index (κ3) is 2.67. The van der Waals surface area contributed by atoms with Crippen LogP contribution in [0.1, 0.15) is 31.1 Å². The third-order valence-electron chi connectivity index (χ3n) is 3.75. The largest absolute Gasteiger partial charge is 0.388 e. The van der Waals surface area contributed by atoms with Crippen LogP contribution in [0.2, 0.25) is 0 Å². The molecule has 0 aliphatic rings. The van der Waals surface area contributed by atoms with E-state index in [2.05, 4.69) is 10.3 Å². The van der Waals surface area contributed by atoms with E-state index in [0.29, 0.717) is 5.52 Å². The van der Waals surface area contributed by atoms with Crippen molar-refractivity contribution in [2.75, 3.05) is 6.54 Å². The number of aromatic nitrogens is 1. The lowest BCUT2D eigenvalue weighted by Crippen LogP contribution is -2.44. The topological polar surface area (TPSA) is 65.1 Å². The van der Waals surface area contributed by atoms with Crippen molar-refractivity contribution in [1.82, 2.24) is 10.3 Å². The van der Waals surface area contributed by atoms with E-state index in [1.807, 2.05) is 13.8 Å². The number of amides is 1. The summed E-state index contributed by atoms with van der Waals surface area (Å²) in [5.41, 5.74) is -0.177. The Bertz CT molecular complexity index is 632. The average Bonchev–Trinajstić information content (AvgIpc) is 2.81. The first kappa shape index (κ1) is 14.5. The van der Waals surface area contributed by atoms with Crippen LogP contribution >= 0.6 is 0 Å². The molecule has 0 aliphatic carbocycles. The van der Waals surface area contributed by atoms with Gasteiger partial charge in [-0.25, -0.2) is 4.39 Å². The second-order valence-corrected chi connectivity index (χ2v) is 5.56. The molecule has 1 amide bonds. The SMILES string of the molecule is CC(C)C(C)(O)CNC(=O)c1c[nH]c2cccc(F)c12. The van der Waals surface area contributed by atoms with Gasteiger partial charge >= 0.3 is 0 Å². The summed E-state index contributed by atoms with van der Waals surface area (Å²) in [5.74, 6) is -0.839. The second-order valence-electron chi connectivity index (χ2n) is 5.56. The van der Waals surface area contributed by atoms with Gasteiger partial charge in [-0.1, -0.05) is 19.9 Å². The Balaban J connectivity index is 2.21. The molecule has 1 atom stereocenters. The average molecular weight is 278 g/mol. The highest BCUT2D eigenvalue weighted by atomic mass is 19.1. The first-order chi connectivity index (χ1) is 9.33. The monoisotopic (exact) mass is 278 g/mol. The van der Waals surface area contributed by atoms with E-state index in [-0.39, 0.29) is 23.4 Å². The molecular formula is C15H19FN2O2. The highest BCUT2D eigenvalue weighted by Gasteiger charge is 2.26. The summed E-state index contributed by atoms with van der Waals surface area (Å²) < 4.78 is 13.8. The van der Waals surface area contributed by atoms with E-state index >= 15 is 0 Å². The third-order valence-corrected chi connectivity index (χ3v) is 3.75. The van der Waals surface area contributed by atoms with E-state index in [1.165, 1.54) is 12.3 Å². The molecule has 0 radical (unpaired) electrons. The quantitative estimate of drug-likeness (QED) is 0.804. The number of carbonyl (C=O) groups excluding carboxylic acids is 1. The van der Waals surface area contributed by atoms with E-state index in [1.54, 1.807) is 19.1 Å². The fourth-order valence-electron chi connectivity index (χ4n) is 1.88. The zero-order valence-corrected chi connectivity index (χ0v) is 11.8. The Morgan fingerprint density at radius 1 is 1.50 bits per heavy atom. The number of hydrogen-bond donors (Lipinski definition) is 3. The minimum absolute atomic E-state index is 0.00232. The number of H-pyrrole nitrogens is 1. The fraction of sp³-hybridized carbons (Fsp3) is 0.400. The maximum atomic E-state index is 13.8. The summed E-state index contributed by atoms with van der Waals surface area (Å²) in [5, 5.41) is 13.0. The van der Waals surface area contributed by atoms with Crippen molar-refractivity contribution in [2.24, 2.45) is 5.92 Å². The highest BCUT2D eigenvalue weighted by Crippen LogP contribution is 2.22. The van der Waals surface area contributed by atoms with Crippen molar-refractivity contribution < 1.29 is 14.3 Å². The Kier molecular flexibility index (Phi) is 3.81. The predicted octanol–water partition coefficient (Wildman–Crippen LogP) is 2.44. The van der Waals surface area contributed by atoms with Crippen LogP contribution in [-0.2, 0) is 0 Å². The number of benzene rings is 1. The fourth-order valence-corrected chi connectivity index (χ4v) is 1.88. The van der Waals surface area contributed by atoms with E-state index < -0.39 is 17.3 Å². The van der Waals surface area contributed by atoms with Crippen LogP contribution in [0.25, 0.3) is 10.9 Å². The van der Waals surface area contributed by atoms with Gasteiger partial charge in [0.05, 0.1) is 11.2 Å². The zero-order valence-electron chi connectivity index (χ0n) is 11.8. The number of halogens is 1. The van der Waals surface area contributed by atoms with E-state index in [0.717, 1.165) is 0 Å². The van der Waals surface area contributed by atoms with Gasteiger partial charge < -0.3 is 15.4 Å². The number of nitrogens with one attached hydrogen (secondary N) is 2. The molecule has 0 bridgehead atoms. The summed E-state index contributed by atoms with van der Waals surface area (Å²) in [4.78, 5) is 15.0. The number of carbonyl (C=O) groups is 1. The molecule has 4 nitrogen and oxygen atoms in total. The summed E-state index contributed by atoms with van der Waals surface area (Å²) >= 11 is 0. The van der Waals surface area contributed by atoms with Gasteiger partial charge in [-0.15, -0.1) is 0 Å². The molecule has 20 heavy (non-hydrogen) atoms. The summed E-state index contributed by atoms with van der Waals surface area (Å²) in [6, 6.07) is 4.61. The standard InChI is InChI=1S/C15H19FN2O2/c1-9(2)15(3,20)8-18-14(19)10-7-17-12-6-4-5-11(16)13(10)12/h4-7,9,17,20H,8H2,1-3H3,(H,18,19). The molecule has 2 aromatic rings. The van der Waals surface area contributed by atoms with Crippen LogP contribution in [0.5, 0.6) is 0 Å².